The number of nitrogens with zero attached hydrogens (tertiary/aromatic N) is 3. The monoisotopic (exact) mass is 198 g/mol. The number of hydrogen-bond acceptors (Lipinski definition) is 5. The summed E-state index contributed by atoms with van der Waals surface area (Å²) in [4.78, 5) is 14.8. The Bertz CT molecular complexity index is 297. The molecule has 1 N–H and O–H groups in total. The average Bonchev–Trinajstić information content (AvgIpc) is 2.58. The second-order valence-electron chi connectivity index (χ2n) is 2.80. The SMILES string of the molecule is COC(=O)CCNCc1ncnn1C. The summed E-state index contributed by atoms with van der Waals surface area (Å²) in [6.07, 6.45) is 1.87. The van der Waals surface area contributed by atoms with Gasteiger partial charge in [0.2, 0.25) is 0 Å². The number of rotatable bonds is 5. The minimum absolute atomic E-state index is 0.213. The molecule has 0 aromatic carbocycles. The van der Waals surface area contributed by atoms with Gasteiger partial charge in [-0.15, -0.1) is 0 Å². The lowest BCUT2D eigenvalue weighted by atomic mass is 10.4. The van der Waals surface area contributed by atoms with Crippen LogP contribution in [-0.4, -0.2) is 34.4 Å². The zero-order valence-electron chi connectivity index (χ0n) is 8.36. The van der Waals surface area contributed by atoms with Crippen LogP contribution in [0.4, 0.5) is 0 Å². The molecular weight excluding hydrogens is 184 g/mol. The molecule has 78 valence electrons. The van der Waals surface area contributed by atoms with Crippen LogP contribution in [0.2, 0.25) is 0 Å². The number of aromatic nitrogens is 3. The molecule has 0 aliphatic carbocycles. The lowest BCUT2D eigenvalue weighted by molar-refractivity contribution is -0.140. The van der Waals surface area contributed by atoms with Gasteiger partial charge in [-0.2, -0.15) is 5.10 Å². The summed E-state index contributed by atoms with van der Waals surface area (Å²) in [5.41, 5.74) is 0. The number of ether oxygens (including phenoxy) is 1. The maximum atomic E-state index is 10.7. The molecule has 0 aliphatic rings. The molecule has 0 unspecified atom stereocenters. The van der Waals surface area contributed by atoms with Gasteiger partial charge in [-0.25, -0.2) is 4.98 Å². The largest absolute Gasteiger partial charge is 0.469 e. The molecule has 0 aliphatic heterocycles. The molecule has 0 bridgehead atoms. The quantitative estimate of drug-likeness (QED) is 0.508. The van der Waals surface area contributed by atoms with E-state index in [4.69, 9.17) is 0 Å². The Kier molecular flexibility index (Phi) is 4.06. The van der Waals surface area contributed by atoms with E-state index < -0.39 is 0 Å². The van der Waals surface area contributed by atoms with E-state index in [1.807, 2.05) is 7.05 Å². The highest BCUT2D eigenvalue weighted by atomic mass is 16.5. The van der Waals surface area contributed by atoms with Crippen molar-refractivity contribution in [3.8, 4) is 0 Å². The van der Waals surface area contributed by atoms with Gasteiger partial charge in [0, 0.05) is 13.6 Å². The van der Waals surface area contributed by atoms with E-state index >= 15 is 0 Å². The van der Waals surface area contributed by atoms with Crippen molar-refractivity contribution in [1.82, 2.24) is 20.1 Å². The molecule has 0 saturated heterocycles. The molecule has 0 saturated carbocycles. The van der Waals surface area contributed by atoms with Crippen molar-refractivity contribution >= 4 is 5.97 Å². The molecule has 1 aromatic rings. The first-order chi connectivity index (χ1) is 6.74. The second kappa shape index (κ2) is 5.33. The van der Waals surface area contributed by atoms with E-state index in [1.54, 1.807) is 4.68 Å². The predicted octanol–water partition coefficient (Wildman–Crippen LogP) is -0.532. The lowest BCUT2D eigenvalue weighted by Crippen LogP contribution is -2.20. The zero-order valence-corrected chi connectivity index (χ0v) is 8.36. The molecule has 0 atom stereocenters. The Morgan fingerprint density at radius 1 is 1.71 bits per heavy atom. The normalized spacial score (nSPS) is 10.1. The van der Waals surface area contributed by atoms with Gasteiger partial charge in [0.25, 0.3) is 0 Å². The van der Waals surface area contributed by atoms with Gasteiger partial charge in [-0.1, -0.05) is 0 Å². The summed E-state index contributed by atoms with van der Waals surface area (Å²) < 4.78 is 6.18. The first-order valence-electron chi connectivity index (χ1n) is 4.34. The Balaban J connectivity index is 2.16. The van der Waals surface area contributed by atoms with Crippen LogP contribution in [0.3, 0.4) is 0 Å². The molecule has 0 fully saturated rings. The van der Waals surface area contributed by atoms with E-state index in [-0.39, 0.29) is 5.97 Å². The number of aryl methyl sites for hydroxylation is 1. The van der Waals surface area contributed by atoms with Gasteiger partial charge < -0.3 is 10.1 Å². The fourth-order valence-corrected chi connectivity index (χ4v) is 0.973. The summed E-state index contributed by atoms with van der Waals surface area (Å²) in [5.74, 6) is 0.630. The molecule has 6 nitrogen and oxygen atoms in total. The van der Waals surface area contributed by atoms with Crippen molar-refractivity contribution in [2.24, 2.45) is 7.05 Å². The standard InChI is InChI=1S/C8H14N4O2/c1-12-7(10-6-11-12)5-9-4-3-8(13)14-2/h6,9H,3-5H2,1-2H3. The first-order valence-corrected chi connectivity index (χ1v) is 4.34. The highest BCUT2D eigenvalue weighted by Crippen LogP contribution is 1.89. The van der Waals surface area contributed by atoms with Crippen LogP contribution < -0.4 is 5.32 Å². The fraction of sp³-hybridized carbons (Fsp3) is 0.625. The summed E-state index contributed by atoms with van der Waals surface area (Å²) in [7, 11) is 3.20. The van der Waals surface area contributed by atoms with Gasteiger partial charge in [-0.3, -0.25) is 9.48 Å². The minimum Gasteiger partial charge on any atom is -0.469 e. The van der Waals surface area contributed by atoms with Crippen LogP contribution in [0, 0.1) is 0 Å². The van der Waals surface area contributed by atoms with Crippen molar-refractivity contribution < 1.29 is 9.53 Å². The lowest BCUT2D eigenvalue weighted by Gasteiger charge is -2.02. The zero-order chi connectivity index (χ0) is 10.4. The minimum atomic E-state index is -0.213. The number of nitrogens with one attached hydrogen (secondary N) is 1. The van der Waals surface area contributed by atoms with Gasteiger partial charge in [0.1, 0.15) is 12.2 Å². The molecule has 0 spiro atoms. The van der Waals surface area contributed by atoms with E-state index in [2.05, 4.69) is 20.1 Å². The molecule has 0 amide bonds. The smallest absolute Gasteiger partial charge is 0.306 e. The molecule has 0 radical (unpaired) electrons. The van der Waals surface area contributed by atoms with Gasteiger partial charge in [0.05, 0.1) is 20.1 Å². The van der Waals surface area contributed by atoms with E-state index in [0.717, 1.165) is 5.82 Å². The number of hydrogen-bond donors (Lipinski definition) is 1. The first kappa shape index (κ1) is 10.6. The third-order valence-electron chi connectivity index (χ3n) is 1.82. The van der Waals surface area contributed by atoms with Gasteiger partial charge in [-0.05, 0) is 0 Å². The molecule has 1 aromatic heterocycles. The van der Waals surface area contributed by atoms with Crippen LogP contribution in [0.15, 0.2) is 6.33 Å². The molecule has 6 heteroatoms. The van der Waals surface area contributed by atoms with Crippen molar-refractivity contribution in [2.45, 2.75) is 13.0 Å². The maximum Gasteiger partial charge on any atom is 0.306 e. The Morgan fingerprint density at radius 3 is 3.07 bits per heavy atom. The predicted molar refractivity (Wildman–Crippen MR) is 49.3 cm³/mol. The summed E-state index contributed by atoms with van der Waals surface area (Å²) in [5, 5.41) is 6.99. The van der Waals surface area contributed by atoms with Gasteiger partial charge in [0.15, 0.2) is 0 Å². The second-order valence-corrected chi connectivity index (χ2v) is 2.80. The molecule has 1 heterocycles. The number of esters is 1. The van der Waals surface area contributed by atoms with Crippen LogP contribution in [0.5, 0.6) is 0 Å². The summed E-state index contributed by atoms with van der Waals surface area (Å²) in [6, 6.07) is 0. The molecular formula is C8H14N4O2. The highest BCUT2D eigenvalue weighted by Gasteiger charge is 2.01. The Morgan fingerprint density at radius 2 is 2.50 bits per heavy atom. The Labute approximate surface area is 82.3 Å². The average molecular weight is 198 g/mol. The summed E-state index contributed by atoms with van der Waals surface area (Å²) >= 11 is 0. The Hall–Kier alpha value is -1.43. The highest BCUT2D eigenvalue weighted by molar-refractivity contribution is 5.69. The van der Waals surface area contributed by atoms with Gasteiger partial charge >= 0.3 is 5.97 Å². The van der Waals surface area contributed by atoms with Crippen molar-refractivity contribution in [3.63, 3.8) is 0 Å². The van der Waals surface area contributed by atoms with Crippen LogP contribution in [0.1, 0.15) is 12.2 Å². The summed E-state index contributed by atoms with van der Waals surface area (Å²) in [6.45, 7) is 1.19. The van der Waals surface area contributed by atoms with E-state index in [0.29, 0.717) is 19.5 Å². The van der Waals surface area contributed by atoms with Crippen molar-refractivity contribution in [2.75, 3.05) is 13.7 Å². The fourth-order valence-electron chi connectivity index (χ4n) is 0.973. The van der Waals surface area contributed by atoms with Crippen molar-refractivity contribution in [1.29, 1.82) is 0 Å². The maximum absolute atomic E-state index is 10.7. The van der Waals surface area contributed by atoms with Crippen LogP contribution in [-0.2, 0) is 23.1 Å². The topological polar surface area (TPSA) is 69.0 Å². The third-order valence-corrected chi connectivity index (χ3v) is 1.82. The van der Waals surface area contributed by atoms with E-state index in [1.165, 1.54) is 13.4 Å². The van der Waals surface area contributed by atoms with Crippen LogP contribution in [0.25, 0.3) is 0 Å². The van der Waals surface area contributed by atoms with Crippen molar-refractivity contribution in [3.05, 3.63) is 12.2 Å². The van der Waals surface area contributed by atoms with E-state index in [9.17, 15) is 4.79 Å². The molecule has 1 rings (SSSR count). The number of carbonyl (C=O) groups excluding carboxylic acids is 1. The number of methoxy groups -OCH3 is 1. The number of carbonyl (C=O) groups is 1. The van der Waals surface area contributed by atoms with Crippen LogP contribution >= 0.6 is 0 Å². The third kappa shape index (κ3) is 3.14. The molecule has 14 heavy (non-hydrogen) atoms.